The normalized spacial score (nSPS) is 15.8. The largest absolute Gasteiger partial charge is 0.443 e. The van der Waals surface area contributed by atoms with E-state index in [1.807, 2.05) is 0 Å². The van der Waals surface area contributed by atoms with Gasteiger partial charge in [-0.3, -0.25) is 0 Å². The van der Waals surface area contributed by atoms with Gasteiger partial charge in [0.1, 0.15) is 11.5 Å². The first-order valence-electron chi connectivity index (χ1n) is 10.2. The fourth-order valence-electron chi connectivity index (χ4n) is 3.16. The quantitative estimate of drug-likeness (QED) is 0.407. The van der Waals surface area contributed by atoms with E-state index in [0.29, 0.717) is 5.56 Å². The summed E-state index contributed by atoms with van der Waals surface area (Å²) in [6.07, 6.45) is -11.9. The third-order valence-electron chi connectivity index (χ3n) is 4.86. The Labute approximate surface area is 196 Å². The summed E-state index contributed by atoms with van der Waals surface area (Å²) >= 11 is 0. The van der Waals surface area contributed by atoms with Crippen LogP contribution in [0.25, 0.3) is 0 Å². The summed E-state index contributed by atoms with van der Waals surface area (Å²) in [5, 5.41) is 0. The van der Waals surface area contributed by atoms with Crippen molar-refractivity contribution in [1.82, 2.24) is 4.90 Å². The van der Waals surface area contributed by atoms with Crippen LogP contribution in [0.2, 0.25) is 0 Å². The summed E-state index contributed by atoms with van der Waals surface area (Å²) in [5.41, 5.74) is -4.30. The summed E-state index contributed by atoms with van der Waals surface area (Å²) in [5.74, 6) is -0.0490. The predicted molar refractivity (Wildman–Crippen MR) is 116 cm³/mol. The molecule has 0 amide bonds. The van der Waals surface area contributed by atoms with Crippen molar-refractivity contribution in [2.75, 3.05) is 0 Å². The van der Waals surface area contributed by atoms with Crippen LogP contribution in [0.1, 0.15) is 5.56 Å². The summed E-state index contributed by atoms with van der Waals surface area (Å²) in [7, 11) is 0. The molecule has 0 bridgehead atoms. The molecule has 3 aromatic carbocycles. The van der Waals surface area contributed by atoms with E-state index in [1.165, 1.54) is 48.5 Å². The van der Waals surface area contributed by atoms with Crippen molar-refractivity contribution in [2.45, 2.75) is 24.6 Å². The van der Waals surface area contributed by atoms with Crippen LogP contribution in [0.5, 0.6) is 11.5 Å². The number of para-hydroxylation sites is 2. The second kappa shape index (κ2) is 9.32. The Bertz CT molecular complexity index is 1120. The monoisotopic (exact) mass is 493 g/mol. The molecule has 0 radical (unpaired) electrons. The van der Waals surface area contributed by atoms with Crippen molar-refractivity contribution in [3.8, 4) is 11.5 Å². The molecule has 0 unspecified atom stereocenters. The number of hydrogen-bond acceptors (Lipinski definition) is 5. The molecule has 0 aliphatic carbocycles. The van der Waals surface area contributed by atoms with Crippen molar-refractivity contribution in [3.63, 3.8) is 0 Å². The van der Waals surface area contributed by atoms with Gasteiger partial charge >= 0.3 is 30.1 Å². The van der Waals surface area contributed by atoms with Crippen LogP contribution in [0, 0.1) is 0 Å². The van der Waals surface area contributed by atoms with Crippen LogP contribution in [0.4, 0.5) is 26.3 Å². The number of amidine groups is 2. The van der Waals surface area contributed by atoms with Crippen LogP contribution >= 0.6 is 0 Å². The number of nitrogens with zero attached hydrogens (tertiary/aromatic N) is 3. The van der Waals surface area contributed by atoms with Gasteiger partial charge in [0.05, 0.1) is 6.54 Å². The van der Waals surface area contributed by atoms with E-state index in [1.54, 1.807) is 42.5 Å². The highest BCUT2D eigenvalue weighted by molar-refractivity contribution is 5.97. The van der Waals surface area contributed by atoms with Crippen molar-refractivity contribution >= 4 is 12.0 Å². The van der Waals surface area contributed by atoms with Crippen molar-refractivity contribution < 1.29 is 35.8 Å². The first-order chi connectivity index (χ1) is 16.6. The molecular formula is C24H17F6N3O2. The lowest BCUT2D eigenvalue weighted by Crippen LogP contribution is -2.60. The van der Waals surface area contributed by atoms with Gasteiger partial charge in [-0.1, -0.05) is 66.7 Å². The lowest BCUT2D eigenvalue weighted by atomic mass is 10.1. The summed E-state index contributed by atoms with van der Waals surface area (Å²) in [6.45, 7) is -0.232. The molecule has 11 heteroatoms. The summed E-state index contributed by atoms with van der Waals surface area (Å²) < 4.78 is 95.0. The fourth-order valence-corrected chi connectivity index (χ4v) is 3.16. The van der Waals surface area contributed by atoms with Gasteiger partial charge in [-0.15, -0.1) is 0 Å². The molecule has 0 aromatic heterocycles. The zero-order chi connectivity index (χ0) is 25.1. The van der Waals surface area contributed by atoms with E-state index >= 15 is 0 Å². The number of benzene rings is 3. The Balaban J connectivity index is 1.89. The van der Waals surface area contributed by atoms with E-state index in [4.69, 9.17) is 9.47 Å². The van der Waals surface area contributed by atoms with Gasteiger partial charge in [-0.25, -0.2) is 4.90 Å². The van der Waals surface area contributed by atoms with Gasteiger partial charge in [0.25, 0.3) is 0 Å². The number of hydrogen-bond donors (Lipinski definition) is 0. The molecule has 1 aliphatic heterocycles. The third-order valence-corrected chi connectivity index (χ3v) is 4.86. The smallest absolute Gasteiger partial charge is 0.426 e. The average Bonchev–Trinajstić information content (AvgIpc) is 2.81. The first kappa shape index (κ1) is 24.1. The minimum atomic E-state index is -5.94. The molecule has 4 rings (SSSR count). The molecule has 1 aliphatic rings. The van der Waals surface area contributed by atoms with Crippen molar-refractivity contribution in [2.24, 2.45) is 9.98 Å². The number of aliphatic imine (C=N–C) groups is 2. The third kappa shape index (κ3) is 5.08. The summed E-state index contributed by atoms with van der Waals surface area (Å²) in [6, 6.07) is 21.1. The minimum absolute atomic E-state index is 0.0245. The van der Waals surface area contributed by atoms with Gasteiger partial charge < -0.3 is 9.47 Å². The highest BCUT2D eigenvalue weighted by Gasteiger charge is 2.74. The molecule has 0 saturated carbocycles. The molecule has 35 heavy (non-hydrogen) atoms. The van der Waals surface area contributed by atoms with Crippen LogP contribution in [-0.4, -0.2) is 35.0 Å². The maximum Gasteiger partial charge on any atom is 0.443 e. The molecule has 0 fully saturated rings. The lowest BCUT2D eigenvalue weighted by molar-refractivity contribution is -0.293. The van der Waals surface area contributed by atoms with Crippen LogP contribution < -0.4 is 9.47 Å². The predicted octanol–water partition coefficient (Wildman–Crippen LogP) is 6.19. The van der Waals surface area contributed by atoms with Crippen LogP contribution in [-0.2, 0) is 6.54 Å². The molecule has 0 N–H and O–H groups in total. The number of ether oxygens (including phenoxy) is 2. The standard InChI is InChI=1S/C24H17F6N3O2/c25-23(26,27)22(24(28,29)30)31-20(34-18-12-6-2-7-13-18)33(16-17-10-4-1-5-11-17)21(32-22)35-19-14-8-3-9-15-19/h1-15H,16H2. The lowest BCUT2D eigenvalue weighted by Gasteiger charge is -2.37. The maximum atomic E-state index is 14.0. The van der Waals surface area contributed by atoms with E-state index < -0.39 is 30.1 Å². The fraction of sp³-hybridized carbons (Fsp3) is 0.167. The van der Waals surface area contributed by atoms with Gasteiger partial charge in [-0.05, 0) is 29.8 Å². The molecule has 0 spiro atoms. The average molecular weight is 493 g/mol. The highest BCUT2D eigenvalue weighted by atomic mass is 19.4. The minimum Gasteiger partial charge on any atom is -0.426 e. The molecule has 0 saturated heterocycles. The molecule has 3 aromatic rings. The van der Waals surface area contributed by atoms with Crippen molar-refractivity contribution in [3.05, 3.63) is 96.6 Å². The van der Waals surface area contributed by atoms with Gasteiger partial charge in [0.15, 0.2) is 0 Å². The Kier molecular flexibility index (Phi) is 6.42. The van der Waals surface area contributed by atoms with Crippen molar-refractivity contribution in [1.29, 1.82) is 0 Å². The Morgan fingerprint density at radius 1 is 0.600 bits per heavy atom. The molecule has 1 heterocycles. The molecule has 0 atom stereocenters. The molecule has 5 nitrogen and oxygen atoms in total. The first-order valence-corrected chi connectivity index (χ1v) is 10.2. The second-order valence-electron chi connectivity index (χ2n) is 7.36. The number of halogens is 6. The zero-order valence-electron chi connectivity index (χ0n) is 17.8. The highest BCUT2D eigenvalue weighted by Crippen LogP contribution is 2.49. The van der Waals surface area contributed by atoms with E-state index in [0.717, 1.165) is 4.90 Å². The summed E-state index contributed by atoms with van der Waals surface area (Å²) in [4.78, 5) is 6.97. The van der Waals surface area contributed by atoms with E-state index in [9.17, 15) is 26.3 Å². The number of alkyl halides is 6. The molecule has 182 valence electrons. The van der Waals surface area contributed by atoms with E-state index in [2.05, 4.69) is 9.98 Å². The maximum absolute atomic E-state index is 14.0. The van der Waals surface area contributed by atoms with Crippen LogP contribution in [0.15, 0.2) is 101 Å². The van der Waals surface area contributed by atoms with Gasteiger partial charge in [0, 0.05) is 0 Å². The van der Waals surface area contributed by atoms with Gasteiger partial charge in [0.2, 0.25) is 0 Å². The van der Waals surface area contributed by atoms with Crippen LogP contribution in [0.3, 0.4) is 0 Å². The number of rotatable bonds is 4. The second-order valence-corrected chi connectivity index (χ2v) is 7.36. The SMILES string of the molecule is FC(F)(F)C1(C(F)(F)F)N=C(Oc2ccccc2)N(Cc2ccccc2)C(Oc2ccccc2)=N1. The Morgan fingerprint density at radius 3 is 1.34 bits per heavy atom. The topological polar surface area (TPSA) is 46.4 Å². The Hall–Kier alpha value is -4.02. The van der Waals surface area contributed by atoms with Gasteiger partial charge in [-0.2, -0.15) is 36.3 Å². The Morgan fingerprint density at radius 2 is 0.971 bits per heavy atom. The van der Waals surface area contributed by atoms with E-state index in [-0.39, 0.29) is 18.0 Å². The zero-order valence-corrected chi connectivity index (χ0v) is 17.8. The molecular weight excluding hydrogens is 476 g/mol.